The molecule has 3 rings (SSSR count). The summed E-state index contributed by atoms with van der Waals surface area (Å²) < 4.78 is 35.5. The topological polar surface area (TPSA) is 41.6 Å². The van der Waals surface area contributed by atoms with Gasteiger partial charge in [0.2, 0.25) is 0 Å². The maximum atomic E-state index is 14.9. The quantitative estimate of drug-likeness (QED) is 0.447. The van der Waals surface area contributed by atoms with Crippen LogP contribution in [0.15, 0.2) is 78.9 Å². The Morgan fingerprint density at radius 1 is 0.900 bits per heavy atom. The monoisotopic (exact) mass is 426 g/mol. The van der Waals surface area contributed by atoms with Crippen LogP contribution in [-0.2, 0) is 9.09 Å². The lowest BCUT2D eigenvalue weighted by Gasteiger charge is -2.31. The van der Waals surface area contributed by atoms with Gasteiger partial charge in [0.1, 0.15) is 11.6 Å². The summed E-state index contributed by atoms with van der Waals surface area (Å²) in [4.78, 5) is 1.97. The summed E-state index contributed by atoms with van der Waals surface area (Å²) in [6, 6.07) is 23.2. The van der Waals surface area contributed by atoms with E-state index in [1.165, 1.54) is 6.07 Å². The minimum Gasteiger partial charge on any atom is -0.378 e. The summed E-state index contributed by atoms with van der Waals surface area (Å²) in [7, 11) is 0.314. The standard InChI is InChI=1S/C24H28FN2O2P/c1-18(2)29-30(28,21-16-14-20(15-17-21)27(3)4)24(22-12-8-9-13-23(22)25)26-19-10-6-5-7-11-19/h5-18,24,26H,1-4H3/t24-,30-/m1/s1. The molecule has 0 saturated carbocycles. The third kappa shape index (κ3) is 4.92. The minimum atomic E-state index is -3.57. The Morgan fingerprint density at radius 3 is 2.07 bits per heavy atom. The predicted molar refractivity (Wildman–Crippen MR) is 123 cm³/mol. The van der Waals surface area contributed by atoms with Gasteiger partial charge in [-0.3, -0.25) is 4.57 Å². The third-order valence-corrected chi connectivity index (χ3v) is 7.55. The molecule has 1 N–H and O–H groups in total. The lowest BCUT2D eigenvalue weighted by atomic mass is 10.2. The van der Waals surface area contributed by atoms with Crippen LogP contribution in [0.25, 0.3) is 0 Å². The van der Waals surface area contributed by atoms with Crippen LogP contribution in [0.2, 0.25) is 0 Å². The SMILES string of the molecule is CC(C)O[P@](=O)(c1ccc(N(C)C)cc1)[C@@H](Nc1ccccc1)c1ccccc1F. The Morgan fingerprint density at radius 2 is 1.50 bits per heavy atom. The van der Waals surface area contributed by atoms with E-state index in [0.29, 0.717) is 10.9 Å². The zero-order valence-corrected chi connectivity index (χ0v) is 18.6. The first-order valence-electron chi connectivity index (χ1n) is 9.93. The number of para-hydroxylation sites is 1. The largest absolute Gasteiger partial charge is 0.378 e. The van der Waals surface area contributed by atoms with Gasteiger partial charge in [0, 0.05) is 36.3 Å². The molecule has 0 aliphatic carbocycles. The Kier molecular flexibility index (Phi) is 6.96. The fourth-order valence-corrected chi connectivity index (χ4v) is 5.90. The average Bonchev–Trinajstić information content (AvgIpc) is 2.73. The molecule has 0 saturated heterocycles. The van der Waals surface area contributed by atoms with Gasteiger partial charge in [-0.1, -0.05) is 36.4 Å². The Bertz CT molecular complexity index is 1010. The summed E-state index contributed by atoms with van der Waals surface area (Å²) in [5, 5.41) is 3.82. The molecule has 3 aromatic rings. The van der Waals surface area contributed by atoms with E-state index in [-0.39, 0.29) is 6.10 Å². The molecule has 4 nitrogen and oxygen atoms in total. The van der Waals surface area contributed by atoms with Crippen molar-refractivity contribution in [3.8, 4) is 0 Å². The van der Waals surface area contributed by atoms with E-state index in [0.717, 1.165) is 11.4 Å². The Hall–Kier alpha value is -2.62. The van der Waals surface area contributed by atoms with Gasteiger partial charge in [0.05, 0.1) is 6.10 Å². The zero-order chi connectivity index (χ0) is 21.7. The second-order valence-corrected chi connectivity index (χ2v) is 10.0. The second-order valence-electron chi connectivity index (χ2n) is 7.60. The Labute approximate surface area is 178 Å². The van der Waals surface area contributed by atoms with Crippen LogP contribution in [0.3, 0.4) is 0 Å². The zero-order valence-electron chi connectivity index (χ0n) is 17.7. The first-order chi connectivity index (χ1) is 14.3. The van der Waals surface area contributed by atoms with Crippen LogP contribution >= 0.6 is 7.37 Å². The number of anilines is 2. The highest BCUT2D eigenvalue weighted by atomic mass is 31.2. The van der Waals surface area contributed by atoms with Gasteiger partial charge in [-0.05, 0) is 56.3 Å². The van der Waals surface area contributed by atoms with Gasteiger partial charge in [0.25, 0.3) is 7.37 Å². The fourth-order valence-electron chi connectivity index (χ4n) is 3.28. The molecule has 0 aliphatic rings. The maximum absolute atomic E-state index is 14.9. The van der Waals surface area contributed by atoms with Crippen LogP contribution in [-0.4, -0.2) is 20.2 Å². The normalized spacial score (nSPS) is 14.2. The van der Waals surface area contributed by atoms with E-state index in [1.54, 1.807) is 30.3 Å². The highest BCUT2D eigenvalue weighted by Crippen LogP contribution is 2.60. The van der Waals surface area contributed by atoms with Crippen molar-refractivity contribution in [2.24, 2.45) is 0 Å². The smallest absolute Gasteiger partial charge is 0.258 e. The fraction of sp³-hybridized carbons (Fsp3) is 0.250. The number of rotatable bonds is 8. The van der Waals surface area contributed by atoms with Gasteiger partial charge in [-0.15, -0.1) is 0 Å². The van der Waals surface area contributed by atoms with Crippen LogP contribution in [0.1, 0.15) is 25.2 Å². The van der Waals surface area contributed by atoms with Gasteiger partial charge in [-0.25, -0.2) is 4.39 Å². The molecule has 2 atom stereocenters. The molecule has 0 fully saturated rings. The van der Waals surface area contributed by atoms with Crippen LogP contribution in [0.5, 0.6) is 0 Å². The Balaban J connectivity index is 2.16. The van der Waals surface area contributed by atoms with Crippen molar-refractivity contribution in [2.75, 3.05) is 24.3 Å². The summed E-state index contributed by atoms with van der Waals surface area (Å²) in [5.74, 6) is -1.31. The van der Waals surface area contributed by atoms with Crippen molar-refractivity contribution in [1.82, 2.24) is 0 Å². The number of nitrogens with one attached hydrogen (secondary N) is 1. The van der Waals surface area contributed by atoms with E-state index < -0.39 is 19.0 Å². The molecule has 0 aliphatic heterocycles. The van der Waals surface area contributed by atoms with E-state index in [1.807, 2.05) is 75.3 Å². The van der Waals surface area contributed by atoms with Crippen molar-refractivity contribution < 1.29 is 13.5 Å². The number of benzene rings is 3. The van der Waals surface area contributed by atoms with Crippen molar-refractivity contribution >= 4 is 24.0 Å². The van der Waals surface area contributed by atoms with Crippen LogP contribution < -0.4 is 15.5 Å². The van der Waals surface area contributed by atoms with Gasteiger partial charge >= 0.3 is 0 Å². The highest BCUT2D eigenvalue weighted by Gasteiger charge is 2.40. The lowest BCUT2D eigenvalue weighted by Crippen LogP contribution is -2.23. The summed E-state index contributed by atoms with van der Waals surface area (Å²) >= 11 is 0. The molecular formula is C24H28FN2O2P. The van der Waals surface area contributed by atoms with E-state index >= 15 is 0 Å². The number of halogens is 1. The van der Waals surface area contributed by atoms with Gasteiger partial charge in [0.15, 0.2) is 0 Å². The highest BCUT2D eigenvalue weighted by molar-refractivity contribution is 7.67. The summed E-state index contributed by atoms with van der Waals surface area (Å²) in [6.45, 7) is 3.67. The molecular weight excluding hydrogens is 398 g/mol. The molecule has 0 unspecified atom stereocenters. The van der Waals surface area contributed by atoms with Crippen molar-refractivity contribution in [3.05, 3.63) is 90.2 Å². The van der Waals surface area contributed by atoms with Crippen LogP contribution in [0, 0.1) is 5.82 Å². The summed E-state index contributed by atoms with van der Waals surface area (Å²) in [6.07, 6.45) is -0.309. The van der Waals surface area contributed by atoms with Crippen molar-refractivity contribution in [3.63, 3.8) is 0 Å². The number of nitrogens with zero attached hydrogens (tertiary/aromatic N) is 1. The third-order valence-electron chi connectivity index (χ3n) is 4.71. The number of hydrogen-bond acceptors (Lipinski definition) is 4. The average molecular weight is 426 g/mol. The molecule has 30 heavy (non-hydrogen) atoms. The second kappa shape index (κ2) is 9.46. The van der Waals surface area contributed by atoms with Crippen molar-refractivity contribution in [2.45, 2.75) is 25.7 Å². The first-order valence-corrected chi connectivity index (χ1v) is 11.6. The lowest BCUT2D eigenvalue weighted by molar-refractivity contribution is 0.245. The molecule has 6 heteroatoms. The van der Waals surface area contributed by atoms with E-state index in [9.17, 15) is 8.96 Å². The van der Waals surface area contributed by atoms with Gasteiger partial charge in [-0.2, -0.15) is 0 Å². The maximum Gasteiger partial charge on any atom is 0.258 e. The molecule has 3 aromatic carbocycles. The predicted octanol–water partition coefficient (Wildman–Crippen LogP) is 6.03. The molecule has 0 bridgehead atoms. The van der Waals surface area contributed by atoms with E-state index in [4.69, 9.17) is 4.52 Å². The molecule has 0 heterocycles. The molecule has 0 radical (unpaired) electrons. The van der Waals surface area contributed by atoms with Gasteiger partial charge < -0.3 is 14.7 Å². The molecule has 0 amide bonds. The molecule has 0 spiro atoms. The summed E-state index contributed by atoms with van der Waals surface area (Å²) in [5.41, 5.74) is 2.03. The van der Waals surface area contributed by atoms with Crippen LogP contribution in [0.4, 0.5) is 15.8 Å². The van der Waals surface area contributed by atoms with E-state index in [2.05, 4.69) is 5.32 Å². The molecule has 158 valence electrons. The molecule has 0 aromatic heterocycles. The van der Waals surface area contributed by atoms with Crippen molar-refractivity contribution in [1.29, 1.82) is 0 Å². The first kappa shape index (κ1) is 22.1. The minimum absolute atomic E-state index is 0.307. The number of hydrogen-bond donors (Lipinski definition) is 1.